The van der Waals surface area contributed by atoms with Crippen molar-refractivity contribution >= 4 is 7.12 Å². The molecule has 0 radical (unpaired) electrons. The molecule has 1 aromatic heterocycles. The van der Waals surface area contributed by atoms with Crippen molar-refractivity contribution in [2.24, 2.45) is 0 Å². The third kappa shape index (κ3) is 3.71. The molecule has 26 heavy (non-hydrogen) atoms. The Hall–Kier alpha value is -2.05. The first-order chi connectivity index (χ1) is 12.7. The highest BCUT2D eigenvalue weighted by Gasteiger charge is 2.30. The minimum absolute atomic E-state index is 0.136. The molecule has 5 nitrogen and oxygen atoms in total. The van der Waals surface area contributed by atoms with E-state index in [4.69, 9.17) is 19.1 Å². The number of nitrogens with zero attached hydrogens (tertiary/aromatic N) is 1. The highest BCUT2D eigenvalue weighted by atomic mass is 16.5. The van der Waals surface area contributed by atoms with E-state index in [1.807, 2.05) is 36.4 Å². The molecule has 2 fully saturated rings. The number of ether oxygens (including phenoxy) is 2. The third-order valence-corrected chi connectivity index (χ3v) is 5.22. The summed E-state index contributed by atoms with van der Waals surface area (Å²) in [6.45, 7) is 0.510. The Bertz CT molecular complexity index is 763. The Kier molecular flexibility index (Phi) is 5.13. The summed E-state index contributed by atoms with van der Waals surface area (Å²) in [7, 11) is 0.985. The van der Waals surface area contributed by atoms with Crippen molar-refractivity contribution < 1.29 is 19.2 Å². The first-order valence-corrected chi connectivity index (χ1v) is 9.34. The van der Waals surface area contributed by atoms with E-state index in [0.29, 0.717) is 12.9 Å². The summed E-state index contributed by atoms with van der Waals surface area (Å²) in [6.07, 6.45) is 5.53. The van der Waals surface area contributed by atoms with Gasteiger partial charge in [-0.25, -0.2) is 0 Å². The molecule has 2 heterocycles. The summed E-state index contributed by atoms with van der Waals surface area (Å²) >= 11 is 0. The Balaban J connectivity index is 1.60. The summed E-state index contributed by atoms with van der Waals surface area (Å²) < 4.78 is 16.9. The van der Waals surface area contributed by atoms with Crippen LogP contribution in [-0.2, 0) is 4.65 Å². The molecule has 1 N–H and O–H groups in total. The minimum Gasteiger partial charge on any atom is -0.493 e. The second-order valence-corrected chi connectivity index (χ2v) is 7.06. The van der Waals surface area contributed by atoms with Crippen LogP contribution in [0.5, 0.6) is 11.5 Å². The summed E-state index contributed by atoms with van der Waals surface area (Å²) in [5, 5.41) is 9.60. The van der Waals surface area contributed by atoms with Gasteiger partial charge >= 0.3 is 7.12 Å². The molecule has 0 spiro atoms. The van der Waals surface area contributed by atoms with Crippen molar-refractivity contribution in [3.05, 3.63) is 42.1 Å². The van der Waals surface area contributed by atoms with Crippen LogP contribution in [0.25, 0.3) is 11.3 Å². The van der Waals surface area contributed by atoms with Crippen molar-refractivity contribution in [3.8, 4) is 22.8 Å². The second kappa shape index (κ2) is 7.68. The summed E-state index contributed by atoms with van der Waals surface area (Å²) in [5.74, 6) is 1.67. The third-order valence-electron chi connectivity index (χ3n) is 5.22. The van der Waals surface area contributed by atoms with Crippen LogP contribution in [0.3, 0.4) is 0 Å². The fraction of sp³-hybridized carbons (Fsp3) is 0.450. The van der Waals surface area contributed by atoms with Gasteiger partial charge in [-0.3, -0.25) is 4.98 Å². The molecular formula is C20H24BNO4. The molecule has 1 saturated carbocycles. The van der Waals surface area contributed by atoms with E-state index in [1.54, 1.807) is 7.11 Å². The van der Waals surface area contributed by atoms with Crippen LogP contribution >= 0.6 is 0 Å². The predicted octanol–water partition coefficient (Wildman–Crippen LogP) is 3.67. The molecule has 2 aliphatic rings. The lowest BCUT2D eigenvalue weighted by atomic mass is 9.81. The highest BCUT2D eigenvalue weighted by molar-refractivity contribution is 6.43. The fourth-order valence-electron chi connectivity index (χ4n) is 3.77. The maximum absolute atomic E-state index is 9.60. The van der Waals surface area contributed by atoms with Gasteiger partial charge in [0.15, 0.2) is 11.5 Å². The number of methoxy groups -OCH3 is 1. The van der Waals surface area contributed by atoms with E-state index < -0.39 is 7.12 Å². The molecule has 2 aromatic rings. The standard InChI is InChI=1S/C20H24BNO4/c1-24-19-10-9-14(11-20(19)26-16-5-2-3-6-16)17-7-4-8-18(22-17)15-12-21(23)25-13-15/h4,7-11,15-16,23H,2-3,5-6,12-13H2,1H3/t15-/m0/s1. The number of pyridine rings is 1. The van der Waals surface area contributed by atoms with Crippen molar-refractivity contribution in [1.29, 1.82) is 0 Å². The first-order valence-electron chi connectivity index (χ1n) is 9.34. The molecule has 1 atom stereocenters. The number of aromatic nitrogens is 1. The van der Waals surface area contributed by atoms with Crippen molar-refractivity contribution in [3.63, 3.8) is 0 Å². The summed E-state index contributed by atoms with van der Waals surface area (Å²) in [5.41, 5.74) is 2.84. The molecule has 1 aliphatic heterocycles. The fourth-order valence-corrected chi connectivity index (χ4v) is 3.77. The largest absolute Gasteiger partial charge is 0.493 e. The van der Waals surface area contributed by atoms with E-state index in [9.17, 15) is 5.02 Å². The van der Waals surface area contributed by atoms with Crippen LogP contribution in [0.2, 0.25) is 6.32 Å². The van der Waals surface area contributed by atoms with Gasteiger partial charge in [0.2, 0.25) is 0 Å². The SMILES string of the molecule is COc1ccc(-c2cccc([C@@H]3COB(O)C3)n2)cc1OC1CCCC1. The van der Waals surface area contributed by atoms with Crippen molar-refractivity contribution in [1.82, 2.24) is 4.98 Å². The van der Waals surface area contributed by atoms with Gasteiger partial charge < -0.3 is 19.2 Å². The van der Waals surface area contributed by atoms with Crippen LogP contribution in [0.15, 0.2) is 36.4 Å². The van der Waals surface area contributed by atoms with Crippen LogP contribution < -0.4 is 9.47 Å². The molecule has 0 unspecified atom stereocenters. The second-order valence-electron chi connectivity index (χ2n) is 7.06. The lowest BCUT2D eigenvalue weighted by Crippen LogP contribution is -2.11. The van der Waals surface area contributed by atoms with Gasteiger partial charge in [0.05, 0.1) is 18.9 Å². The van der Waals surface area contributed by atoms with Crippen LogP contribution in [0, 0.1) is 0 Å². The van der Waals surface area contributed by atoms with Crippen LogP contribution in [0.4, 0.5) is 0 Å². The molecule has 1 saturated heterocycles. The lowest BCUT2D eigenvalue weighted by molar-refractivity contribution is 0.201. The average Bonchev–Trinajstić information content (AvgIpc) is 3.33. The van der Waals surface area contributed by atoms with Gasteiger partial charge in [0.25, 0.3) is 0 Å². The zero-order valence-electron chi connectivity index (χ0n) is 15.1. The summed E-state index contributed by atoms with van der Waals surface area (Å²) in [4.78, 5) is 4.80. The first kappa shape index (κ1) is 17.4. The zero-order valence-corrected chi connectivity index (χ0v) is 15.1. The highest BCUT2D eigenvalue weighted by Crippen LogP contribution is 2.35. The Morgan fingerprint density at radius 1 is 1.15 bits per heavy atom. The van der Waals surface area contributed by atoms with E-state index >= 15 is 0 Å². The Morgan fingerprint density at radius 3 is 2.73 bits per heavy atom. The molecule has 0 amide bonds. The lowest BCUT2D eigenvalue weighted by Gasteiger charge is -2.17. The number of hydrogen-bond acceptors (Lipinski definition) is 5. The maximum Gasteiger partial charge on any atom is 0.454 e. The predicted molar refractivity (Wildman–Crippen MR) is 101 cm³/mol. The van der Waals surface area contributed by atoms with Gasteiger partial charge in [-0.1, -0.05) is 6.07 Å². The topological polar surface area (TPSA) is 60.8 Å². The quantitative estimate of drug-likeness (QED) is 0.831. The molecule has 1 aromatic carbocycles. The van der Waals surface area contributed by atoms with E-state index in [2.05, 4.69) is 0 Å². The van der Waals surface area contributed by atoms with Gasteiger partial charge in [0.1, 0.15) is 0 Å². The van der Waals surface area contributed by atoms with Crippen LogP contribution in [-0.4, -0.2) is 36.9 Å². The number of benzene rings is 1. The Labute approximate surface area is 154 Å². The van der Waals surface area contributed by atoms with Gasteiger partial charge in [0, 0.05) is 23.8 Å². The van der Waals surface area contributed by atoms with Gasteiger partial charge in [-0.15, -0.1) is 0 Å². The van der Waals surface area contributed by atoms with Crippen molar-refractivity contribution in [2.75, 3.05) is 13.7 Å². The molecule has 6 heteroatoms. The zero-order chi connectivity index (χ0) is 17.9. The number of hydrogen-bond donors (Lipinski definition) is 1. The van der Waals surface area contributed by atoms with Gasteiger partial charge in [-0.05, 0) is 62.3 Å². The minimum atomic E-state index is -0.683. The normalized spacial score (nSPS) is 20.5. The van der Waals surface area contributed by atoms with Gasteiger partial charge in [-0.2, -0.15) is 0 Å². The van der Waals surface area contributed by atoms with E-state index in [-0.39, 0.29) is 12.0 Å². The molecule has 136 valence electrons. The molecule has 1 aliphatic carbocycles. The average molecular weight is 353 g/mol. The maximum atomic E-state index is 9.60. The Morgan fingerprint density at radius 2 is 2.00 bits per heavy atom. The van der Waals surface area contributed by atoms with Crippen LogP contribution in [0.1, 0.15) is 37.3 Å². The van der Waals surface area contributed by atoms with Crippen molar-refractivity contribution in [2.45, 2.75) is 44.0 Å². The smallest absolute Gasteiger partial charge is 0.454 e. The van der Waals surface area contributed by atoms with E-state index in [1.165, 1.54) is 12.8 Å². The number of rotatable bonds is 5. The van der Waals surface area contributed by atoms with E-state index in [0.717, 1.165) is 41.3 Å². The summed E-state index contributed by atoms with van der Waals surface area (Å²) in [6, 6.07) is 12.0. The molecule has 4 rings (SSSR count). The monoisotopic (exact) mass is 353 g/mol. The molecule has 0 bridgehead atoms. The molecular weight excluding hydrogens is 329 g/mol.